The van der Waals surface area contributed by atoms with Crippen molar-refractivity contribution in [2.75, 3.05) is 26.8 Å². The molecule has 23 heavy (non-hydrogen) atoms. The molecule has 2 rings (SSSR count). The normalized spacial score (nSPS) is 17.9. The molecule has 1 aromatic carbocycles. The fourth-order valence-corrected chi connectivity index (χ4v) is 3.05. The molecule has 1 aliphatic heterocycles. The molecule has 1 aliphatic rings. The molecule has 1 fully saturated rings. The van der Waals surface area contributed by atoms with E-state index in [4.69, 9.17) is 4.74 Å². The van der Waals surface area contributed by atoms with Crippen molar-refractivity contribution >= 4 is 11.5 Å². The number of ether oxygens (including phenoxy) is 1. The number of piperidine rings is 1. The van der Waals surface area contributed by atoms with E-state index in [1.54, 1.807) is 13.2 Å². The smallest absolute Gasteiger partial charge is 0.246 e. The average Bonchev–Trinajstić information content (AvgIpc) is 2.61. The molecule has 1 amide bonds. The fraction of sp³-hybridized carbons (Fsp3) is 0.526. The Kier molecular flexibility index (Phi) is 5.83. The Morgan fingerprint density at radius 3 is 2.65 bits per heavy atom. The number of allylic oxidation sites excluding steroid dienone is 1. The molecule has 0 bridgehead atoms. The van der Waals surface area contributed by atoms with Crippen LogP contribution in [0.2, 0.25) is 0 Å². The van der Waals surface area contributed by atoms with E-state index in [2.05, 4.69) is 6.92 Å². The van der Waals surface area contributed by atoms with Gasteiger partial charge < -0.3 is 14.7 Å². The third kappa shape index (κ3) is 4.14. The van der Waals surface area contributed by atoms with Crippen molar-refractivity contribution in [1.82, 2.24) is 4.90 Å². The maximum absolute atomic E-state index is 12.5. The van der Waals surface area contributed by atoms with Gasteiger partial charge in [0, 0.05) is 25.8 Å². The van der Waals surface area contributed by atoms with E-state index in [9.17, 15) is 9.90 Å². The van der Waals surface area contributed by atoms with Crippen LogP contribution in [0.25, 0.3) is 5.57 Å². The highest BCUT2D eigenvalue weighted by Gasteiger charge is 2.33. The Morgan fingerprint density at radius 2 is 2.09 bits per heavy atom. The second kappa shape index (κ2) is 7.64. The van der Waals surface area contributed by atoms with Gasteiger partial charge in [-0.3, -0.25) is 4.79 Å². The summed E-state index contributed by atoms with van der Waals surface area (Å²) in [5, 5.41) is 9.58. The molecular weight excluding hydrogens is 290 g/mol. The molecule has 0 spiro atoms. The first-order chi connectivity index (χ1) is 11.0. The van der Waals surface area contributed by atoms with Crippen molar-refractivity contribution in [2.45, 2.75) is 33.1 Å². The van der Waals surface area contributed by atoms with Crippen molar-refractivity contribution in [3.05, 3.63) is 35.9 Å². The summed E-state index contributed by atoms with van der Waals surface area (Å²) < 4.78 is 5.23. The van der Waals surface area contributed by atoms with E-state index in [-0.39, 0.29) is 17.9 Å². The highest BCUT2D eigenvalue weighted by molar-refractivity contribution is 5.95. The van der Waals surface area contributed by atoms with Gasteiger partial charge in [0.25, 0.3) is 0 Å². The SMILES string of the molecule is CCC1(CO)CCN(C(=O)/C=C(/C)c2cccc(OC)c2)CC1. The van der Waals surface area contributed by atoms with Crippen LogP contribution < -0.4 is 4.74 Å². The summed E-state index contributed by atoms with van der Waals surface area (Å²) in [5.41, 5.74) is 1.93. The lowest BCUT2D eigenvalue weighted by atomic mass is 9.77. The Hall–Kier alpha value is -1.81. The topological polar surface area (TPSA) is 49.8 Å². The first kappa shape index (κ1) is 17.5. The number of benzene rings is 1. The molecule has 0 unspecified atom stereocenters. The van der Waals surface area contributed by atoms with Crippen LogP contribution in [0.3, 0.4) is 0 Å². The van der Waals surface area contributed by atoms with Crippen molar-refractivity contribution in [1.29, 1.82) is 0 Å². The van der Waals surface area contributed by atoms with Crippen LogP contribution in [0.15, 0.2) is 30.3 Å². The van der Waals surface area contributed by atoms with Gasteiger partial charge in [-0.15, -0.1) is 0 Å². The van der Waals surface area contributed by atoms with Gasteiger partial charge in [-0.05, 0) is 54.9 Å². The predicted molar refractivity (Wildman–Crippen MR) is 92.3 cm³/mol. The van der Waals surface area contributed by atoms with Crippen LogP contribution in [0.4, 0.5) is 0 Å². The van der Waals surface area contributed by atoms with Gasteiger partial charge in [0.05, 0.1) is 7.11 Å². The number of amides is 1. The third-order valence-corrected chi connectivity index (χ3v) is 5.09. The van der Waals surface area contributed by atoms with Gasteiger partial charge >= 0.3 is 0 Å². The quantitative estimate of drug-likeness (QED) is 0.849. The first-order valence-corrected chi connectivity index (χ1v) is 8.26. The summed E-state index contributed by atoms with van der Waals surface area (Å²) in [4.78, 5) is 14.4. The lowest BCUT2D eigenvalue weighted by Crippen LogP contribution is -2.43. The average molecular weight is 317 g/mol. The minimum absolute atomic E-state index is 0.00232. The number of hydrogen-bond donors (Lipinski definition) is 1. The number of aliphatic hydroxyl groups is 1. The molecule has 1 N–H and O–H groups in total. The van der Waals surface area contributed by atoms with Gasteiger partial charge in [-0.2, -0.15) is 0 Å². The van der Waals surface area contributed by atoms with Crippen LogP contribution in [0.5, 0.6) is 5.75 Å². The Bertz CT molecular complexity index is 566. The van der Waals surface area contributed by atoms with E-state index < -0.39 is 0 Å². The Morgan fingerprint density at radius 1 is 1.39 bits per heavy atom. The number of likely N-dealkylation sites (tertiary alicyclic amines) is 1. The van der Waals surface area contributed by atoms with Gasteiger partial charge in [0.15, 0.2) is 0 Å². The molecule has 4 nitrogen and oxygen atoms in total. The number of carbonyl (C=O) groups is 1. The number of nitrogens with zero attached hydrogens (tertiary/aromatic N) is 1. The molecule has 0 atom stereocenters. The Balaban J connectivity index is 2.03. The number of rotatable bonds is 5. The van der Waals surface area contributed by atoms with Gasteiger partial charge in [0.1, 0.15) is 5.75 Å². The Labute approximate surface area is 138 Å². The van der Waals surface area contributed by atoms with Crippen molar-refractivity contribution in [3.63, 3.8) is 0 Å². The number of aliphatic hydroxyl groups excluding tert-OH is 1. The van der Waals surface area contributed by atoms with E-state index in [1.807, 2.05) is 36.1 Å². The van der Waals surface area contributed by atoms with Gasteiger partial charge in [-0.1, -0.05) is 19.1 Å². The summed E-state index contributed by atoms with van der Waals surface area (Å²) in [6.45, 7) is 5.70. The van der Waals surface area contributed by atoms with Crippen molar-refractivity contribution in [3.8, 4) is 5.75 Å². The molecule has 126 valence electrons. The molecule has 0 saturated carbocycles. The predicted octanol–water partition coefficient (Wildman–Crippen LogP) is 3.11. The minimum atomic E-state index is 0.00232. The zero-order chi connectivity index (χ0) is 16.9. The molecule has 1 aromatic rings. The zero-order valence-corrected chi connectivity index (χ0v) is 14.3. The maximum atomic E-state index is 12.5. The molecular formula is C19H27NO3. The summed E-state index contributed by atoms with van der Waals surface area (Å²) in [5.74, 6) is 0.837. The van der Waals surface area contributed by atoms with Gasteiger partial charge in [-0.25, -0.2) is 0 Å². The van der Waals surface area contributed by atoms with E-state index in [1.165, 1.54) is 0 Å². The largest absolute Gasteiger partial charge is 0.497 e. The van der Waals surface area contributed by atoms with Crippen molar-refractivity contribution < 1.29 is 14.6 Å². The molecule has 1 saturated heterocycles. The zero-order valence-electron chi connectivity index (χ0n) is 14.3. The third-order valence-electron chi connectivity index (χ3n) is 5.09. The molecule has 1 heterocycles. The van der Waals surface area contributed by atoms with E-state index in [0.717, 1.165) is 49.2 Å². The lowest BCUT2D eigenvalue weighted by molar-refractivity contribution is -0.128. The summed E-state index contributed by atoms with van der Waals surface area (Å²) in [7, 11) is 1.64. The summed E-state index contributed by atoms with van der Waals surface area (Å²) in [6, 6.07) is 7.73. The number of hydrogen-bond acceptors (Lipinski definition) is 3. The monoisotopic (exact) mass is 317 g/mol. The number of methoxy groups -OCH3 is 1. The summed E-state index contributed by atoms with van der Waals surface area (Å²) >= 11 is 0. The molecule has 0 radical (unpaired) electrons. The number of carbonyl (C=O) groups excluding carboxylic acids is 1. The van der Waals surface area contributed by atoms with Gasteiger partial charge in [0.2, 0.25) is 5.91 Å². The standard InChI is InChI=1S/C19H27NO3/c1-4-19(14-21)8-10-20(11-9-19)18(22)12-15(2)16-6-5-7-17(13-16)23-3/h5-7,12-13,21H,4,8-11,14H2,1-3H3/b15-12-. The van der Waals surface area contributed by atoms with Crippen LogP contribution in [0, 0.1) is 5.41 Å². The van der Waals surface area contributed by atoms with E-state index in [0.29, 0.717) is 0 Å². The molecule has 4 heteroatoms. The highest BCUT2D eigenvalue weighted by atomic mass is 16.5. The van der Waals surface area contributed by atoms with Crippen molar-refractivity contribution in [2.24, 2.45) is 5.41 Å². The molecule has 0 aliphatic carbocycles. The second-order valence-electron chi connectivity index (χ2n) is 6.40. The highest BCUT2D eigenvalue weighted by Crippen LogP contribution is 2.34. The first-order valence-electron chi connectivity index (χ1n) is 8.26. The van der Waals surface area contributed by atoms with E-state index >= 15 is 0 Å². The summed E-state index contributed by atoms with van der Waals surface area (Å²) in [6.07, 6.45) is 4.41. The van der Waals surface area contributed by atoms with Crippen LogP contribution in [0.1, 0.15) is 38.7 Å². The van der Waals surface area contributed by atoms with Crippen LogP contribution in [-0.2, 0) is 4.79 Å². The lowest BCUT2D eigenvalue weighted by Gasteiger charge is -2.40. The maximum Gasteiger partial charge on any atom is 0.246 e. The van der Waals surface area contributed by atoms with Crippen LogP contribution >= 0.6 is 0 Å². The molecule has 0 aromatic heterocycles. The fourth-order valence-electron chi connectivity index (χ4n) is 3.05. The second-order valence-corrected chi connectivity index (χ2v) is 6.40. The minimum Gasteiger partial charge on any atom is -0.497 e. The van der Waals surface area contributed by atoms with Crippen LogP contribution in [-0.4, -0.2) is 42.7 Å².